The molecule has 9 nitrogen and oxygen atoms in total. The Balaban J connectivity index is 1.47. The maximum atomic E-state index is 12.4. The quantitative estimate of drug-likeness (QED) is 0.0611. The molecule has 0 fully saturated rings. The molecule has 2 aromatic carbocycles. The van der Waals surface area contributed by atoms with Crippen molar-refractivity contribution < 1.29 is 32.2 Å². The summed E-state index contributed by atoms with van der Waals surface area (Å²) in [6.07, 6.45) is 10.7. The number of hydrogen-bond donors (Lipinski definition) is 3. The molecule has 50 heavy (non-hydrogen) atoms. The summed E-state index contributed by atoms with van der Waals surface area (Å²) >= 11 is 0. The van der Waals surface area contributed by atoms with Gasteiger partial charge in [-0.2, -0.15) is 13.0 Å². The lowest BCUT2D eigenvalue weighted by atomic mass is 9.80. The molecule has 1 amide bonds. The number of nitrogens with zero attached hydrogens (tertiary/aromatic N) is 2. The molecular formula is C38H52N3O6S3+. The average Bonchev–Trinajstić information content (AvgIpc) is 3.41. The van der Waals surface area contributed by atoms with Crippen molar-refractivity contribution in [2.75, 3.05) is 36.0 Å². The second-order valence-electron chi connectivity index (χ2n) is 13.7. The molecule has 2 aromatic rings. The minimum atomic E-state index is -4.32. The number of carboxylic acids is 1. The Bertz CT molecular complexity index is 1780. The Hall–Kier alpha value is -3.06. The number of unbranched alkanes of at least 4 members (excludes halogenated alkanes) is 2. The molecular weight excluding hydrogens is 691 g/mol. The molecule has 0 bridgehead atoms. The van der Waals surface area contributed by atoms with E-state index in [0.29, 0.717) is 25.3 Å². The fourth-order valence-electron chi connectivity index (χ4n) is 6.87. The molecule has 3 N–H and O–H groups in total. The lowest BCUT2D eigenvalue weighted by Gasteiger charge is -2.25. The van der Waals surface area contributed by atoms with Gasteiger partial charge in [-0.05, 0) is 81.5 Å². The Morgan fingerprint density at radius 2 is 1.68 bits per heavy atom. The van der Waals surface area contributed by atoms with Crippen LogP contribution in [0, 0.1) is 0 Å². The van der Waals surface area contributed by atoms with Crippen LogP contribution in [0.2, 0.25) is 0 Å². The zero-order valence-electron chi connectivity index (χ0n) is 30.1. The second kappa shape index (κ2) is 17.0. The molecule has 0 aliphatic carbocycles. The number of hydrogen-bond acceptors (Lipinski definition) is 7. The van der Waals surface area contributed by atoms with Crippen LogP contribution in [0.25, 0.3) is 0 Å². The van der Waals surface area contributed by atoms with Gasteiger partial charge in [0, 0.05) is 71.9 Å². The normalized spacial score (nSPS) is 17.1. The molecule has 0 atom stereocenters. The smallest absolute Gasteiger partial charge is 0.304 e. The van der Waals surface area contributed by atoms with Crippen LogP contribution < -0.4 is 10.2 Å². The molecule has 0 saturated heterocycles. The summed E-state index contributed by atoms with van der Waals surface area (Å²) in [5.74, 6) is 0.570. The van der Waals surface area contributed by atoms with Crippen molar-refractivity contribution >= 4 is 60.7 Å². The number of nitrogens with one attached hydrogen (secondary N) is 1. The predicted octanol–water partition coefficient (Wildman–Crippen LogP) is 7.66. The Kier molecular flexibility index (Phi) is 13.5. The van der Waals surface area contributed by atoms with Crippen molar-refractivity contribution in [3.8, 4) is 0 Å². The number of aryl methyl sites for hydroxylation is 1. The van der Waals surface area contributed by atoms with Gasteiger partial charge < -0.3 is 15.3 Å². The number of anilines is 1. The van der Waals surface area contributed by atoms with Crippen molar-refractivity contribution in [2.45, 2.75) is 95.8 Å². The first-order valence-corrected chi connectivity index (χ1v) is 21.3. The minimum absolute atomic E-state index is 0.0522. The summed E-state index contributed by atoms with van der Waals surface area (Å²) in [6, 6.07) is 11.6. The van der Waals surface area contributed by atoms with E-state index in [2.05, 4.69) is 92.8 Å². The lowest BCUT2D eigenvalue weighted by molar-refractivity contribution is -0.438. The number of allylic oxidation sites excluding steroid dienone is 4. The Labute approximate surface area is 305 Å². The zero-order valence-corrected chi connectivity index (χ0v) is 32.6. The molecule has 4 rings (SSSR count). The summed E-state index contributed by atoms with van der Waals surface area (Å²) in [4.78, 5) is 25.1. The van der Waals surface area contributed by atoms with E-state index in [9.17, 15) is 22.6 Å². The molecule has 2 aliphatic rings. The van der Waals surface area contributed by atoms with E-state index in [1.54, 1.807) is 22.9 Å². The van der Waals surface area contributed by atoms with Gasteiger partial charge in [0.2, 0.25) is 11.6 Å². The molecule has 0 spiro atoms. The fourth-order valence-corrected chi connectivity index (χ4v) is 9.26. The number of rotatable bonds is 18. The van der Waals surface area contributed by atoms with Crippen molar-refractivity contribution in [3.05, 3.63) is 77.0 Å². The number of benzene rings is 2. The highest BCUT2D eigenvalue weighted by molar-refractivity contribution is 8.76. The van der Waals surface area contributed by atoms with Crippen LogP contribution in [0.5, 0.6) is 0 Å². The van der Waals surface area contributed by atoms with E-state index in [1.807, 2.05) is 0 Å². The fraction of sp³-hybridized carbons (Fsp3) is 0.500. The van der Waals surface area contributed by atoms with Crippen molar-refractivity contribution in [1.82, 2.24) is 5.32 Å². The van der Waals surface area contributed by atoms with Crippen LogP contribution in [0.4, 0.5) is 11.4 Å². The lowest BCUT2D eigenvalue weighted by Crippen LogP contribution is -2.28. The van der Waals surface area contributed by atoms with Crippen LogP contribution in [-0.4, -0.2) is 71.4 Å². The Morgan fingerprint density at radius 3 is 2.36 bits per heavy atom. The van der Waals surface area contributed by atoms with Gasteiger partial charge in [-0.25, -0.2) is 0 Å². The predicted molar refractivity (Wildman–Crippen MR) is 207 cm³/mol. The standard InChI is InChI=1S/C38H51N3O6S3/c1-7-27-16-18-32-29(25-27)37(3,4)34(41(32)22-11-9-10-15-35(42)39-21-24-49-48-23-20-36(43)44)14-12-13-33-38(5,6)30-26-28(50(45,46)47)17-19-31(30)40(33)8-2/h12-14,16-19,25-26H,7-11,15,20-24H2,1-6H3,(H2-,39,42,43,44,45,46,47)/p+1. The van der Waals surface area contributed by atoms with E-state index < -0.39 is 21.5 Å². The van der Waals surface area contributed by atoms with E-state index in [1.165, 1.54) is 39.4 Å². The highest BCUT2D eigenvalue weighted by Gasteiger charge is 2.44. The molecule has 0 radical (unpaired) electrons. The molecule has 0 saturated carbocycles. The van der Waals surface area contributed by atoms with Gasteiger partial charge in [-0.1, -0.05) is 54.5 Å². The Morgan fingerprint density at radius 1 is 0.940 bits per heavy atom. The minimum Gasteiger partial charge on any atom is -0.481 e. The number of fused-ring (bicyclic) bond motifs is 2. The molecule has 0 unspecified atom stereocenters. The van der Waals surface area contributed by atoms with Gasteiger partial charge in [0.15, 0.2) is 5.71 Å². The zero-order chi connectivity index (χ0) is 36.7. The summed E-state index contributed by atoms with van der Waals surface area (Å²) in [5.41, 5.74) is 7.21. The van der Waals surface area contributed by atoms with Crippen LogP contribution in [0.15, 0.2) is 65.2 Å². The van der Waals surface area contributed by atoms with Crippen molar-refractivity contribution in [1.29, 1.82) is 0 Å². The van der Waals surface area contributed by atoms with E-state index >= 15 is 0 Å². The number of likely N-dealkylation sites (N-methyl/N-ethyl adjacent to an activating group) is 1. The maximum absolute atomic E-state index is 12.4. The van der Waals surface area contributed by atoms with Gasteiger partial charge in [0.05, 0.1) is 16.7 Å². The largest absolute Gasteiger partial charge is 0.481 e. The number of carboxylic acid groups (broad SMARTS) is 1. The first-order valence-electron chi connectivity index (χ1n) is 17.4. The highest BCUT2D eigenvalue weighted by Crippen LogP contribution is 2.48. The summed E-state index contributed by atoms with van der Waals surface area (Å²) < 4.78 is 36.0. The van der Waals surface area contributed by atoms with E-state index in [4.69, 9.17) is 5.11 Å². The molecule has 272 valence electrons. The molecule has 0 aromatic heterocycles. The third-order valence-corrected chi connectivity index (χ3v) is 12.9. The van der Waals surface area contributed by atoms with Crippen LogP contribution in [0.1, 0.15) is 90.3 Å². The van der Waals surface area contributed by atoms with Crippen molar-refractivity contribution in [3.63, 3.8) is 0 Å². The number of carbonyl (C=O) groups is 2. The highest BCUT2D eigenvalue weighted by atomic mass is 33.1. The van der Waals surface area contributed by atoms with Crippen LogP contribution in [0.3, 0.4) is 0 Å². The van der Waals surface area contributed by atoms with Crippen molar-refractivity contribution in [2.24, 2.45) is 0 Å². The topological polar surface area (TPSA) is 127 Å². The number of amides is 1. The first-order chi connectivity index (χ1) is 23.6. The van der Waals surface area contributed by atoms with Gasteiger partial charge in [0.25, 0.3) is 10.1 Å². The van der Waals surface area contributed by atoms with E-state index in [0.717, 1.165) is 54.9 Å². The number of aliphatic carboxylic acids is 1. The van der Waals surface area contributed by atoms with Crippen LogP contribution >= 0.6 is 21.6 Å². The second-order valence-corrected chi connectivity index (χ2v) is 17.9. The summed E-state index contributed by atoms with van der Waals surface area (Å²) in [6.45, 7) is 15.1. The first kappa shape index (κ1) is 39.7. The molecule has 2 aliphatic heterocycles. The SMILES string of the molecule is CCc1ccc2c(c1)C(C)(C)C(/C=C/C=C1/N(CC)c3ccc(S(=O)(=O)O)cc3C1(C)C)=[N+]2CCCCCC(=O)NCCSSCCC(=O)O. The number of carbonyl (C=O) groups excluding carboxylic acids is 1. The molecule has 2 heterocycles. The van der Waals surface area contributed by atoms with E-state index in [-0.39, 0.29) is 22.6 Å². The van der Waals surface area contributed by atoms with Gasteiger partial charge in [0.1, 0.15) is 6.54 Å². The summed E-state index contributed by atoms with van der Waals surface area (Å²) in [5, 5.41) is 11.7. The maximum Gasteiger partial charge on any atom is 0.304 e. The monoisotopic (exact) mass is 742 g/mol. The molecule has 12 heteroatoms. The van der Waals surface area contributed by atoms with Gasteiger partial charge >= 0.3 is 5.97 Å². The third kappa shape index (κ3) is 9.23. The average molecular weight is 743 g/mol. The third-order valence-electron chi connectivity index (χ3n) is 9.63. The van der Waals surface area contributed by atoms with Gasteiger partial charge in [-0.3, -0.25) is 14.1 Å². The summed E-state index contributed by atoms with van der Waals surface area (Å²) in [7, 11) is -1.21. The van der Waals surface area contributed by atoms with Crippen LogP contribution in [-0.2, 0) is 37.0 Å². The van der Waals surface area contributed by atoms with Gasteiger partial charge in [-0.15, -0.1) is 0 Å².